The van der Waals surface area contributed by atoms with Crippen LogP contribution in [-0.4, -0.2) is 63.9 Å². The lowest BCUT2D eigenvalue weighted by Gasteiger charge is -2.25. The maximum Gasteiger partial charge on any atom is 0.340 e. The molecule has 9 heteroatoms. The van der Waals surface area contributed by atoms with Gasteiger partial charge in [0.1, 0.15) is 25.0 Å². The monoisotopic (exact) mass is 425 g/mol. The summed E-state index contributed by atoms with van der Waals surface area (Å²) in [5.74, 6) is -0.675. The number of aromatic nitrogens is 4. The summed E-state index contributed by atoms with van der Waals surface area (Å²) in [6.45, 7) is 5.92. The molecule has 0 saturated carbocycles. The number of esters is 1. The molecule has 2 aromatic heterocycles. The van der Waals surface area contributed by atoms with E-state index in [-0.39, 0.29) is 18.6 Å². The molecular formula is C22H27N5O4. The number of methoxy groups -OCH3 is 1. The molecule has 2 heterocycles. The molecular weight excluding hydrogens is 398 g/mol. The predicted octanol–water partition coefficient (Wildman–Crippen LogP) is 2.85. The zero-order valence-electron chi connectivity index (χ0n) is 18.4. The maximum atomic E-state index is 13.2. The van der Waals surface area contributed by atoms with E-state index in [1.165, 1.54) is 13.4 Å². The van der Waals surface area contributed by atoms with Gasteiger partial charge in [0.2, 0.25) is 0 Å². The minimum absolute atomic E-state index is 0.157. The predicted molar refractivity (Wildman–Crippen MR) is 114 cm³/mol. The van der Waals surface area contributed by atoms with E-state index in [9.17, 15) is 9.59 Å². The number of carbonyl (C=O) groups excluding carboxylic acids is 2. The van der Waals surface area contributed by atoms with E-state index in [1.807, 2.05) is 31.2 Å². The van der Waals surface area contributed by atoms with Gasteiger partial charge in [0.25, 0.3) is 5.91 Å². The second-order valence-electron chi connectivity index (χ2n) is 7.28. The van der Waals surface area contributed by atoms with Crippen LogP contribution >= 0.6 is 0 Å². The van der Waals surface area contributed by atoms with Crippen LogP contribution < -0.4 is 0 Å². The number of nitrogens with one attached hydrogen (secondary N) is 1. The summed E-state index contributed by atoms with van der Waals surface area (Å²) in [4.78, 5) is 34.2. The van der Waals surface area contributed by atoms with Crippen molar-refractivity contribution < 1.29 is 19.1 Å². The molecule has 0 aliphatic rings. The summed E-state index contributed by atoms with van der Waals surface area (Å²) in [5.41, 5.74) is 3.80. The molecule has 0 spiro atoms. The zero-order chi connectivity index (χ0) is 22.5. The second-order valence-corrected chi connectivity index (χ2v) is 7.28. The number of hydrogen-bond donors (Lipinski definition) is 1. The van der Waals surface area contributed by atoms with E-state index in [0.29, 0.717) is 29.1 Å². The number of benzene rings is 1. The first-order chi connectivity index (χ1) is 14.8. The number of H-pyrrole nitrogens is 1. The molecule has 0 radical (unpaired) electrons. The molecule has 0 fully saturated rings. The smallest absolute Gasteiger partial charge is 0.340 e. The van der Waals surface area contributed by atoms with Crippen LogP contribution in [0.1, 0.15) is 50.6 Å². The summed E-state index contributed by atoms with van der Waals surface area (Å²) in [6, 6.07) is 7.58. The fraction of sp³-hybridized carbons (Fsp3) is 0.364. The summed E-state index contributed by atoms with van der Waals surface area (Å²) in [7, 11) is 3.28. The quantitative estimate of drug-likeness (QED) is 0.440. The van der Waals surface area contributed by atoms with Gasteiger partial charge < -0.3 is 19.4 Å². The van der Waals surface area contributed by atoms with E-state index in [0.717, 1.165) is 11.3 Å². The van der Waals surface area contributed by atoms with Gasteiger partial charge in [0, 0.05) is 19.9 Å². The molecule has 0 saturated heterocycles. The van der Waals surface area contributed by atoms with Crippen molar-refractivity contribution in [3.05, 3.63) is 65.0 Å². The number of ether oxygens (including phenoxy) is 2. The fourth-order valence-corrected chi connectivity index (χ4v) is 3.38. The van der Waals surface area contributed by atoms with Crippen LogP contribution in [0.3, 0.4) is 0 Å². The van der Waals surface area contributed by atoms with E-state index >= 15 is 0 Å². The SMILES string of the molecule is COCCOC(=O)c1c(C)[nH]c(C(=O)N(C)[C@@H](C)c2ccc(-n3cncn3)cc2)c1C. The van der Waals surface area contributed by atoms with Gasteiger partial charge in [0.05, 0.1) is 23.9 Å². The van der Waals surface area contributed by atoms with E-state index in [2.05, 4.69) is 15.1 Å². The normalized spacial score (nSPS) is 11.9. The van der Waals surface area contributed by atoms with Crippen LogP contribution in [0.25, 0.3) is 5.69 Å². The van der Waals surface area contributed by atoms with Crippen LogP contribution in [0, 0.1) is 13.8 Å². The van der Waals surface area contributed by atoms with Crippen LogP contribution in [0.15, 0.2) is 36.9 Å². The molecule has 3 rings (SSSR count). The Morgan fingerprint density at radius 1 is 1.19 bits per heavy atom. The summed E-state index contributed by atoms with van der Waals surface area (Å²) < 4.78 is 11.8. The summed E-state index contributed by atoms with van der Waals surface area (Å²) >= 11 is 0. The lowest BCUT2D eigenvalue weighted by atomic mass is 10.1. The average molecular weight is 425 g/mol. The highest BCUT2D eigenvalue weighted by atomic mass is 16.6. The van der Waals surface area contributed by atoms with E-state index in [4.69, 9.17) is 9.47 Å². The Morgan fingerprint density at radius 3 is 2.52 bits per heavy atom. The van der Waals surface area contributed by atoms with Crippen molar-refractivity contribution in [3.63, 3.8) is 0 Å². The molecule has 0 bridgehead atoms. The lowest BCUT2D eigenvalue weighted by molar-refractivity contribution is 0.0387. The highest BCUT2D eigenvalue weighted by Gasteiger charge is 2.27. The Hall–Kier alpha value is -3.46. The molecule has 1 N–H and O–H groups in total. The molecule has 0 unspecified atom stereocenters. The molecule has 164 valence electrons. The fourth-order valence-electron chi connectivity index (χ4n) is 3.38. The third-order valence-corrected chi connectivity index (χ3v) is 5.34. The van der Waals surface area contributed by atoms with Gasteiger partial charge in [-0.05, 0) is 44.0 Å². The first-order valence-corrected chi connectivity index (χ1v) is 9.92. The van der Waals surface area contributed by atoms with Gasteiger partial charge in [-0.1, -0.05) is 12.1 Å². The molecule has 9 nitrogen and oxygen atoms in total. The average Bonchev–Trinajstić information content (AvgIpc) is 3.40. The highest BCUT2D eigenvalue weighted by molar-refractivity contribution is 6.00. The first kappa shape index (κ1) is 22.2. The van der Waals surface area contributed by atoms with Crippen LogP contribution in [0.5, 0.6) is 0 Å². The van der Waals surface area contributed by atoms with Crippen LogP contribution in [0.4, 0.5) is 0 Å². The minimum atomic E-state index is -0.471. The third kappa shape index (κ3) is 4.66. The topological polar surface area (TPSA) is 102 Å². The van der Waals surface area contributed by atoms with Gasteiger partial charge in [-0.15, -0.1) is 0 Å². The van der Waals surface area contributed by atoms with Gasteiger partial charge >= 0.3 is 5.97 Å². The summed E-state index contributed by atoms with van der Waals surface area (Å²) in [5, 5.41) is 4.11. The number of aromatic amines is 1. The van der Waals surface area contributed by atoms with Gasteiger partial charge in [-0.25, -0.2) is 14.5 Å². The van der Waals surface area contributed by atoms with Crippen LogP contribution in [0.2, 0.25) is 0 Å². The Morgan fingerprint density at radius 2 is 1.90 bits per heavy atom. The number of aryl methyl sites for hydroxylation is 1. The minimum Gasteiger partial charge on any atom is -0.460 e. The van der Waals surface area contributed by atoms with E-state index in [1.54, 1.807) is 36.8 Å². The number of carbonyl (C=O) groups is 2. The van der Waals surface area contributed by atoms with E-state index < -0.39 is 5.97 Å². The number of hydrogen-bond acceptors (Lipinski definition) is 6. The third-order valence-electron chi connectivity index (χ3n) is 5.34. The van der Waals surface area contributed by atoms with Gasteiger partial charge in [-0.3, -0.25) is 4.79 Å². The second kappa shape index (κ2) is 9.57. The maximum absolute atomic E-state index is 13.2. The Kier molecular flexibility index (Phi) is 6.86. The molecule has 1 atom stereocenters. The molecule has 1 aromatic carbocycles. The van der Waals surface area contributed by atoms with Crippen molar-refractivity contribution >= 4 is 11.9 Å². The number of amides is 1. The Bertz CT molecular complexity index is 1040. The first-order valence-electron chi connectivity index (χ1n) is 9.92. The standard InChI is InChI=1S/C22H27N5O4/c1-14-19(22(29)31-11-10-30-5)15(2)25-20(14)21(28)26(4)16(3)17-6-8-18(9-7-17)27-13-23-12-24-27/h6-9,12-13,16,25H,10-11H2,1-5H3/t16-/m0/s1. The van der Waals surface area contributed by atoms with Crippen molar-refractivity contribution in [2.24, 2.45) is 0 Å². The van der Waals surface area contributed by atoms with Gasteiger partial charge in [-0.2, -0.15) is 5.10 Å². The zero-order valence-corrected chi connectivity index (χ0v) is 18.4. The summed E-state index contributed by atoms with van der Waals surface area (Å²) in [6.07, 6.45) is 3.10. The Labute approximate surface area is 181 Å². The van der Waals surface area contributed by atoms with Crippen molar-refractivity contribution in [1.82, 2.24) is 24.6 Å². The van der Waals surface area contributed by atoms with Crippen molar-refractivity contribution in [3.8, 4) is 5.69 Å². The Balaban J connectivity index is 1.76. The molecule has 3 aromatic rings. The lowest BCUT2D eigenvalue weighted by Crippen LogP contribution is -2.30. The van der Waals surface area contributed by atoms with Crippen molar-refractivity contribution in [2.45, 2.75) is 26.8 Å². The van der Waals surface area contributed by atoms with Crippen LogP contribution in [-0.2, 0) is 9.47 Å². The number of rotatable bonds is 8. The molecule has 0 aliphatic carbocycles. The molecule has 1 amide bonds. The molecule has 0 aliphatic heterocycles. The van der Waals surface area contributed by atoms with Crippen molar-refractivity contribution in [1.29, 1.82) is 0 Å². The van der Waals surface area contributed by atoms with Gasteiger partial charge in [0.15, 0.2) is 0 Å². The highest BCUT2D eigenvalue weighted by Crippen LogP contribution is 2.25. The number of nitrogens with zero attached hydrogens (tertiary/aromatic N) is 4. The molecule has 31 heavy (non-hydrogen) atoms. The van der Waals surface area contributed by atoms with Crippen molar-refractivity contribution in [2.75, 3.05) is 27.4 Å². The largest absolute Gasteiger partial charge is 0.460 e.